The zero-order valence-corrected chi connectivity index (χ0v) is 11.6. The Labute approximate surface area is 120 Å². The van der Waals surface area contributed by atoms with Crippen molar-refractivity contribution in [2.24, 2.45) is 5.73 Å². The number of aryl methyl sites for hydroxylation is 1. The second kappa shape index (κ2) is 5.66. The van der Waals surface area contributed by atoms with E-state index in [-0.39, 0.29) is 12.1 Å². The molecule has 1 aromatic heterocycles. The average molecular weight is 288 g/mol. The van der Waals surface area contributed by atoms with Gasteiger partial charge in [-0.25, -0.2) is 4.79 Å². The standard InChI is InChI=1S/C14H16N4O3/c1-2-17-6-5-12(19)18(14(17)21)8-10-4-3-9(13(16)20)7-11(10)15/h3-7H,2,8,15H2,1H3,(H2,16,20). The smallest absolute Gasteiger partial charge is 0.331 e. The topological polar surface area (TPSA) is 113 Å². The number of amides is 1. The van der Waals surface area contributed by atoms with Gasteiger partial charge >= 0.3 is 5.69 Å². The van der Waals surface area contributed by atoms with Crippen LogP contribution in [-0.2, 0) is 13.1 Å². The van der Waals surface area contributed by atoms with Crippen LogP contribution in [0.4, 0.5) is 5.69 Å². The molecule has 0 aliphatic rings. The van der Waals surface area contributed by atoms with E-state index in [1.165, 1.54) is 29.0 Å². The largest absolute Gasteiger partial charge is 0.398 e. The van der Waals surface area contributed by atoms with Crippen LogP contribution < -0.4 is 22.7 Å². The third kappa shape index (κ3) is 2.86. The Kier molecular flexibility index (Phi) is 3.93. The molecule has 4 N–H and O–H groups in total. The van der Waals surface area contributed by atoms with E-state index in [1.807, 2.05) is 6.92 Å². The molecule has 7 heteroatoms. The molecule has 0 unspecified atom stereocenters. The molecule has 0 spiro atoms. The van der Waals surface area contributed by atoms with Gasteiger partial charge in [-0.05, 0) is 24.6 Å². The zero-order valence-electron chi connectivity index (χ0n) is 11.6. The SMILES string of the molecule is CCn1ccc(=O)n(Cc2ccc(C(N)=O)cc2N)c1=O. The zero-order chi connectivity index (χ0) is 15.6. The molecule has 0 atom stereocenters. The first-order valence-corrected chi connectivity index (χ1v) is 6.42. The van der Waals surface area contributed by atoms with Crippen molar-refractivity contribution in [2.45, 2.75) is 20.0 Å². The number of nitrogens with zero attached hydrogens (tertiary/aromatic N) is 2. The van der Waals surface area contributed by atoms with Gasteiger partial charge in [-0.2, -0.15) is 0 Å². The maximum Gasteiger partial charge on any atom is 0.331 e. The fraction of sp³-hybridized carbons (Fsp3) is 0.214. The Balaban J connectivity index is 2.46. The Bertz CT molecular complexity index is 805. The first-order valence-electron chi connectivity index (χ1n) is 6.42. The molecule has 1 heterocycles. The van der Waals surface area contributed by atoms with Gasteiger partial charge in [-0.3, -0.25) is 14.2 Å². The average Bonchev–Trinajstić information content (AvgIpc) is 2.44. The number of carbonyl (C=O) groups is 1. The van der Waals surface area contributed by atoms with Crippen LogP contribution >= 0.6 is 0 Å². The number of rotatable bonds is 4. The van der Waals surface area contributed by atoms with Gasteiger partial charge < -0.3 is 16.0 Å². The Hall–Kier alpha value is -2.83. The summed E-state index contributed by atoms with van der Waals surface area (Å²) in [6, 6.07) is 5.87. The molecule has 7 nitrogen and oxygen atoms in total. The molecule has 1 amide bonds. The number of nitrogens with two attached hydrogens (primary N) is 2. The first-order chi connectivity index (χ1) is 9.93. The van der Waals surface area contributed by atoms with Crippen molar-refractivity contribution in [3.63, 3.8) is 0 Å². The van der Waals surface area contributed by atoms with Gasteiger partial charge in [0.15, 0.2) is 0 Å². The van der Waals surface area contributed by atoms with Crippen molar-refractivity contribution in [2.75, 3.05) is 5.73 Å². The summed E-state index contributed by atoms with van der Waals surface area (Å²) in [7, 11) is 0. The van der Waals surface area contributed by atoms with Gasteiger partial charge in [0.2, 0.25) is 5.91 Å². The number of aromatic nitrogens is 2. The third-order valence-electron chi connectivity index (χ3n) is 3.24. The lowest BCUT2D eigenvalue weighted by atomic mass is 10.1. The molecule has 2 aromatic rings. The highest BCUT2D eigenvalue weighted by Crippen LogP contribution is 2.14. The minimum atomic E-state index is -0.585. The predicted octanol–water partition coefficient (Wildman–Crippen LogP) is -0.241. The van der Waals surface area contributed by atoms with E-state index >= 15 is 0 Å². The summed E-state index contributed by atoms with van der Waals surface area (Å²) in [5, 5.41) is 0. The summed E-state index contributed by atoms with van der Waals surface area (Å²) in [4.78, 5) is 35.0. The maximum absolute atomic E-state index is 12.1. The second-order valence-corrected chi connectivity index (χ2v) is 4.59. The van der Waals surface area contributed by atoms with Gasteiger partial charge in [-0.1, -0.05) is 6.07 Å². The second-order valence-electron chi connectivity index (χ2n) is 4.59. The molecule has 0 aliphatic carbocycles. The normalized spacial score (nSPS) is 10.5. The van der Waals surface area contributed by atoms with Gasteiger partial charge in [0, 0.05) is 30.1 Å². The number of hydrogen-bond acceptors (Lipinski definition) is 4. The maximum atomic E-state index is 12.1. The van der Waals surface area contributed by atoms with Crippen LogP contribution in [0.1, 0.15) is 22.8 Å². The van der Waals surface area contributed by atoms with Crippen LogP contribution in [0.15, 0.2) is 40.1 Å². The highest BCUT2D eigenvalue weighted by molar-refractivity contribution is 5.93. The molecule has 0 bridgehead atoms. The molecular weight excluding hydrogens is 272 g/mol. The molecule has 1 aromatic carbocycles. The number of primary amides is 1. The van der Waals surface area contributed by atoms with Crippen molar-refractivity contribution in [1.82, 2.24) is 9.13 Å². The summed E-state index contributed by atoms with van der Waals surface area (Å²) < 4.78 is 2.52. The molecule has 0 aliphatic heterocycles. The van der Waals surface area contributed by atoms with Crippen molar-refractivity contribution >= 4 is 11.6 Å². The van der Waals surface area contributed by atoms with Crippen LogP contribution in [0.3, 0.4) is 0 Å². The van der Waals surface area contributed by atoms with Crippen LogP contribution in [0.25, 0.3) is 0 Å². The fourth-order valence-electron chi connectivity index (χ4n) is 2.01. The van der Waals surface area contributed by atoms with Gasteiger partial charge in [0.05, 0.1) is 6.54 Å². The number of nitrogen functional groups attached to an aromatic ring is 1. The summed E-state index contributed by atoms with van der Waals surface area (Å²) in [6.45, 7) is 2.32. The van der Waals surface area contributed by atoms with Crippen molar-refractivity contribution in [3.05, 3.63) is 62.4 Å². The van der Waals surface area contributed by atoms with Crippen molar-refractivity contribution in [1.29, 1.82) is 0 Å². The van der Waals surface area contributed by atoms with Crippen LogP contribution in [0.2, 0.25) is 0 Å². The lowest BCUT2D eigenvalue weighted by Gasteiger charge is -2.10. The van der Waals surface area contributed by atoms with Gasteiger partial charge in [0.1, 0.15) is 0 Å². The Morgan fingerprint density at radius 2 is 1.95 bits per heavy atom. The molecule has 2 rings (SSSR count). The van der Waals surface area contributed by atoms with E-state index in [9.17, 15) is 14.4 Å². The van der Waals surface area contributed by atoms with E-state index in [4.69, 9.17) is 11.5 Å². The van der Waals surface area contributed by atoms with E-state index in [0.717, 1.165) is 4.57 Å². The number of hydrogen-bond donors (Lipinski definition) is 2. The summed E-state index contributed by atoms with van der Waals surface area (Å²) in [5.41, 5.74) is 11.4. The Morgan fingerprint density at radius 3 is 2.52 bits per heavy atom. The summed E-state index contributed by atoms with van der Waals surface area (Å²) >= 11 is 0. The number of benzene rings is 1. The third-order valence-corrected chi connectivity index (χ3v) is 3.24. The quantitative estimate of drug-likeness (QED) is 0.756. The molecule has 110 valence electrons. The predicted molar refractivity (Wildman–Crippen MR) is 79.1 cm³/mol. The lowest BCUT2D eigenvalue weighted by Crippen LogP contribution is -2.39. The van der Waals surface area contributed by atoms with Crippen LogP contribution in [0, 0.1) is 0 Å². The molecule has 0 fully saturated rings. The summed E-state index contributed by atoms with van der Waals surface area (Å²) in [6.07, 6.45) is 1.46. The molecule has 21 heavy (non-hydrogen) atoms. The van der Waals surface area contributed by atoms with E-state index in [2.05, 4.69) is 0 Å². The van der Waals surface area contributed by atoms with E-state index < -0.39 is 17.2 Å². The van der Waals surface area contributed by atoms with Crippen LogP contribution in [0.5, 0.6) is 0 Å². The molecule has 0 radical (unpaired) electrons. The van der Waals surface area contributed by atoms with Gasteiger partial charge in [-0.15, -0.1) is 0 Å². The number of carbonyl (C=O) groups excluding carboxylic acids is 1. The van der Waals surface area contributed by atoms with Crippen LogP contribution in [-0.4, -0.2) is 15.0 Å². The number of anilines is 1. The van der Waals surface area contributed by atoms with Crippen molar-refractivity contribution in [3.8, 4) is 0 Å². The lowest BCUT2D eigenvalue weighted by molar-refractivity contribution is 0.100. The molecule has 0 saturated carbocycles. The van der Waals surface area contributed by atoms with E-state index in [0.29, 0.717) is 17.8 Å². The Morgan fingerprint density at radius 1 is 1.24 bits per heavy atom. The first kappa shape index (κ1) is 14.6. The summed E-state index contributed by atoms with van der Waals surface area (Å²) in [5.74, 6) is -0.585. The monoisotopic (exact) mass is 288 g/mol. The molecule has 0 saturated heterocycles. The molecular formula is C14H16N4O3. The van der Waals surface area contributed by atoms with Crippen molar-refractivity contribution < 1.29 is 4.79 Å². The minimum Gasteiger partial charge on any atom is -0.398 e. The van der Waals surface area contributed by atoms with Gasteiger partial charge in [0.25, 0.3) is 5.56 Å². The highest BCUT2D eigenvalue weighted by Gasteiger charge is 2.09. The fourth-order valence-corrected chi connectivity index (χ4v) is 2.01. The van der Waals surface area contributed by atoms with E-state index in [1.54, 1.807) is 6.07 Å². The highest BCUT2D eigenvalue weighted by atomic mass is 16.2. The minimum absolute atomic E-state index is 0.0450.